The normalized spacial score (nSPS) is 10.9. The van der Waals surface area contributed by atoms with Gasteiger partial charge in [-0.1, -0.05) is 35.3 Å². The van der Waals surface area contributed by atoms with E-state index in [1.807, 2.05) is 6.07 Å². The van der Waals surface area contributed by atoms with E-state index >= 15 is 0 Å². The van der Waals surface area contributed by atoms with Crippen molar-refractivity contribution in [2.24, 2.45) is 0 Å². The van der Waals surface area contributed by atoms with Crippen LogP contribution in [-0.2, 0) is 11.4 Å². The summed E-state index contributed by atoms with van der Waals surface area (Å²) in [6, 6.07) is 17.2. The van der Waals surface area contributed by atoms with Gasteiger partial charge in [0.2, 0.25) is 0 Å². The first kappa shape index (κ1) is 23.1. The summed E-state index contributed by atoms with van der Waals surface area (Å²) in [6.07, 6.45) is 1.42. The molecule has 0 aliphatic heterocycles. The number of hydrogen-bond donors (Lipinski definition) is 1. The summed E-state index contributed by atoms with van der Waals surface area (Å²) >= 11 is 12.1. The first-order valence-electron chi connectivity index (χ1n) is 9.33. The van der Waals surface area contributed by atoms with Crippen molar-refractivity contribution in [3.63, 3.8) is 0 Å². The van der Waals surface area contributed by atoms with E-state index in [-0.39, 0.29) is 12.2 Å². The van der Waals surface area contributed by atoms with Gasteiger partial charge in [0.15, 0.2) is 11.5 Å². The molecule has 0 saturated heterocycles. The second-order valence-corrected chi connectivity index (χ2v) is 7.41. The number of hydrogen-bond acceptors (Lipinski definition) is 4. The minimum Gasteiger partial charge on any atom is -0.493 e. The average Bonchev–Trinajstić information content (AvgIpc) is 2.78. The molecule has 5 nitrogen and oxygen atoms in total. The lowest BCUT2D eigenvalue weighted by atomic mass is 10.1. The Morgan fingerprint density at radius 2 is 1.84 bits per heavy atom. The highest BCUT2D eigenvalue weighted by Crippen LogP contribution is 2.31. The molecule has 1 N–H and O–H groups in total. The van der Waals surface area contributed by atoms with Crippen molar-refractivity contribution in [3.05, 3.63) is 93.2 Å². The average molecular weight is 471 g/mol. The van der Waals surface area contributed by atoms with E-state index in [4.69, 9.17) is 32.7 Å². The molecule has 0 saturated carbocycles. The summed E-state index contributed by atoms with van der Waals surface area (Å²) in [7, 11) is 1.48. The molecule has 0 atom stereocenters. The lowest BCUT2D eigenvalue weighted by Gasteiger charge is -2.12. The highest BCUT2D eigenvalue weighted by Gasteiger charge is 2.12. The van der Waals surface area contributed by atoms with Crippen LogP contribution < -0.4 is 14.8 Å². The number of nitriles is 1. The molecule has 3 aromatic rings. The molecular formula is C24H17Cl2FN2O3. The van der Waals surface area contributed by atoms with Crippen LogP contribution in [-0.4, -0.2) is 13.0 Å². The second kappa shape index (κ2) is 10.7. The van der Waals surface area contributed by atoms with Crippen LogP contribution in [0.3, 0.4) is 0 Å². The lowest BCUT2D eigenvalue weighted by molar-refractivity contribution is -0.112. The van der Waals surface area contributed by atoms with Crippen molar-refractivity contribution in [1.29, 1.82) is 5.26 Å². The van der Waals surface area contributed by atoms with Gasteiger partial charge in [0.05, 0.1) is 7.11 Å². The number of ether oxygens (including phenoxy) is 2. The zero-order chi connectivity index (χ0) is 23.1. The number of nitrogens with zero attached hydrogens (tertiary/aromatic N) is 1. The number of halogens is 3. The Kier molecular flexibility index (Phi) is 7.72. The first-order chi connectivity index (χ1) is 15.4. The fraction of sp³-hybridized carbons (Fsp3) is 0.0833. The molecule has 0 aliphatic carbocycles. The third-order valence-corrected chi connectivity index (χ3v) is 4.95. The molecule has 0 fully saturated rings. The molecule has 3 rings (SSSR count). The second-order valence-electron chi connectivity index (χ2n) is 6.57. The van der Waals surface area contributed by atoms with Crippen LogP contribution in [0.25, 0.3) is 6.08 Å². The summed E-state index contributed by atoms with van der Waals surface area (Å²) in [5.41, 5.74) is 1.56. The van der Waals surface area contributed by atoms with Crippen molar-refractivity contribution in [1.82, 2.24) is 0 Å². The number of amides is 1. The van der Waals surface area contributed by atoms with Crippen molar-refractivity contribution >= 4 is 40.9 Å². The molecule has 0 unspecified atom stereocenters. The Bertz CT molecular complexity index is 1200. The highest BCUT2D eigenvalue weighted by molar-refractivity contribution is 6.35. The summed E-state index contributed by atoms with van der Waals surface area (Å²) < 4.78 is 24.2. The molecule has 1 amide bonds. The van der Waals surface area contributed by atoms with E-state index in [2.05, 4.69) is 5.32 Å². The van der Waals surface area contributed by atoms with Gasteiger partial charge in [-0.3, -0.25) is 4.79 Å². The summed E-state index contributed by atoms with van der Waals surface area (Å²) in [6.45, 7) is 0.199. The summed E-state index contributed by atoms with van der Waals surface area (Å²) in [4.78, 5) is 12.4. The van der Waals surface area contributed by atoms with Gasteiger partial charge < -0.3 is 14.8 Å². The number of carbonyl (C=O) groups is 1. The maximum Gasteiger partial charge on any atom is 0.266 e. The molecule has 32 heavy (non-hydrogen) atoms. The minimum atomic E-state index is -0.615. The van der Waals surface area contributed by atoms with Crippen LogP contribution in [0.1, 0.15) is 11.1 Å². The molecule has 0 heterocycles. The van der Waals surface area contributed by atoms with E-state index < -0.39 is 11.7 Å². The minimum absolute atomic E-state index is 0.127. The van der Waals surface area contributed by atoms with Gasteiger partial charge in [0.25, 0.3) is 5.91 Å². The Morgan fingerprint density at radius 3 is 2.50 bits per heavy atom. The SMILES string of the molecule is COc1cc(/C=C(/C#N)C(=O)Nc2ccc(F)cc2)ccc1OCc1ccc(Cl)cc1Cl. The number of anilines is 1. The predicted molar refractivity (Wildman–Crippen MR) is 122 cm³/mol. The van der Waals surface area contributed by atoms with Gasteiger partial charge >= 0.3 is 0 Å². The van der Waals surface area contributed by atoms with Crippen LogP contribution in [0.4, 0.5) is 10.1 Å². The molecule has 8 heteroatoms. The van der Waals surface area contributed by atoms with E-state index in [1.165, 1.54) is 37.5 Å². The lowest BCUT2D eigenvalue weighted by Crippen LogP contribution is -2.13. The fourth-order valence-corrected chi connectivity index (χ4v) is 3.20. The van der Waals surface area contributed by atoms with Crippen LogP contribution in [0.2, 0.25) is 10.0 Å². The quantitative estimate of drug-likeness (QED) is 0.326. The first-order valence-corrected chi connectivity index (χ1v) is 10.1. The van der Waals surface area contributed by atoms with Crippen molar-refractivity contribution < 1.29 is 18.7 Å². The topological polar surface area (TPSA) is 71.3 Å². The molecule has 3 aromatic carbocycles. The van der Waals surface area contributed by atoms with E-state index in [9.17, 15) is 14.4 Å². The largest absolute Gasteiger partial charge is 0.493 e. The maximum absolute atomic E-state index is 13.0. The predicted octanol–water partition coefficient (Wildman–Crippen LogP) is 6.27. The van der Waals surface area contributed by atoms with Crippen LogP contribution >= 0.6 is 23.2 Å². The van der Waals surface area contributed by atoms with Gasteiger partial charge in [-0.15, -0.1) is 0 Å². The summed E-state index contributed by atoms with van der Waals surface area (Å²) in [5.74, 6) is -0.160. The number of carbonyl (C=O) groups excluding carboxylic acids is 1. The highest BCUT2D eigenvalue weighted by atomic mass is 35.5. The Balaban J connectivity index is 1.75. The fourth-order valence-electron chi connectivity index (χ4n) is 2.73. The Labute approximate surface area is 194 Å². The van der Waals surface area contributed by atoms with Gasteiger partial charge in [0.1, 0.15) is 24.1 Å². The standard InChI is InChI=1S/C24H17Cl2FN2O3/c1-31-23-11-15(2-9-22(23)32-14-16-3-4-18(25)12-21(16)26)10-17(13-28)24(30)29-20-7-5-19(27)6-8-20/h2-12H,14H2,1H3,(H,29,30)/b17-10-. The smallest absolute Gasteiger partial charge is 0.266 e. The zero-order valence-corrected chi connectivity index (χ0v) is 18.4. The number of benzene rings is 3. The Hall–Kier alpha value is -3.53. The van der Waals surface area contributed by atoms with Crippen LogP contribution in [0, 0.1) is 17.1 Å². The van der Waals surface area contributed by atoms with E-state index in [0.717, 1.165) is 5.56 Å². The van der Waals surface area contributed by atoms with Crippen molar-refractivity contribution in [2.45, 2.75) is 6.61 Å². The van der Waals surface area contributed by atoms with Crippen LogP contribution in [0.5, 0.6) is 11.5 Å². The molecule has 0 aliphatic rings. The molecule has 0 aromatic heterocycles. The van der Waals surface area contributed by atoms with E-state index in [0.29, 0.717) is 32.8 Å². The molecule has 0 radical (unpaired) electrons. The number of nitrogens with one attached hydrogen (secondary N) is 1. The van der Waals surface area contributed by atoms with Gasteiger partial charge in [0, 0.05) is 21.3 Å². The molecule has 0 bridgehead atoms. The molecule has 0 spiro atoms. The number of rotatable bonds is 7. The van der Waals surface area contributed by atoms with Gasteiger partial charge in [-0.05, 0) is 60.2 Å². The molecule has 162 valence electrons. The number of methoxy groups -OCH3 is 1. The van der Waals surface area contributed by atoms with Gasteiger partial charge in [-0.25, -0.2) is 4.39 Å². The molecular weight excluding hydrogens is 454 g/mol. The maximum atomic E-state index is 13.0. The van der Waals surface area contributed by atoms with Crippen molar-refractivity contribution in [3.8, 4) is 17.6 Å². The zero-order valence-electron chi connectivity index (χ0n) is 16.9. The Morgan fingerprint density at radius 1 is 1.09 bits per heavy atom. The summed E-state index contributed by atoms with van der Waals surface area (Å²) in [5, 5.41) is 13.0. The third-order valence-electron chi connectivity index (χ3n) is 4.36. The third kappa shape index (κ3) is 6.01. The van der Waals surface area contributed by atoms with Crippen molar-refractivity contribution in [2.75, 3.05) is 12.4 Å². The van der Waals surface area contributed by atoms with Crippen LogP contribution in [0.15, 0.2) is 66.2 Å². The van der Waals surface area contributed by atoms with Gasteiger partial charge in [-0.2, -0.15) is 5.26 Å². The van der Waals surface area contributed by atoms with E-state index in [1.54, 1.807) is 36.4 Å². The monoisotopic (exact) mass is 470 g/mol.